The number of nitrogen functional groups attached to an aromatic ring is 2. The first-order valence-electron chi connectivity index (χ1n) is 8.79. The molecule has 4 aromatic carbocycles. The fourth-order valence-electron chi connectivity index (χ4n) is 3.21. The zero-order valence-electron chi connectivity index (χ0n) is 14.8. The van der Waals surface area contributed by atoms with Crippen LogP contribution in [0.2, 0.25) is 0 Å². The maximum atomic E-state index is 6.35. The van der Waals surface area contributed by atoms with E-state index in [9.17, 15) is 0 Å². The van der Waals surface area contributed by atoms with Crippen molar-refractivity contribution in [1.82, 2.24) is 0 Å². The lowest BCUT2D eigenvalue weighted by molar-refractivity contribution is 1.40. The predicted octanol–water partition coefficient (Wildman–Crippen LogP) is 6.34. The Kier molecular flexibility index (Phi) is 4.86. The molecule has 0 aliphatic rings. The van der Waals surface area contributed by atoms with Crippen molar-refractivity contribution in [3.8, 4) is 22.3 Å². The average molecular weight is 369 g/mol. The molecule has 0 unspecified atom stereocenters. The molecule has 0 radical (unpaired) electrons. The van der Waals surface area contributed by atoms with Crippen molar-refractivity contribution in [3.05, 3.63) is 97.1 Å². The van der Waals surface area contributed by atoms with Gasteiger partial charge in [-0.05, 0) is 35.4 Å². The first-order chi connectivity index (χ1) is 13.2. The minimum atomic E-state index is 0.774. The molecule has 0 saturated heterocycles. The van der Waals surface area contributed by atoms with Gasteiger partial charge in [-0.2, -0.15) is 0 Å². The molecule has 27 heavy (non-hydrogen) atoms. The highest BCUT2D eigenvalue weighted by atomic mass is 32.2. The molecule has 4 aromatic rings. The summed E-state index contributed by atoms with van der Waals surface area (Å²) in [5.74, 6) is 0. The maximum Gasteiger partial charge on any atom is 0.0405 e. The molecule has 0 bridgehead atoms. The van der Waals surface area contributed by atoms with E-state index >= 15 is 0 Å². The summed E-state index contributed by atoms with van der Waals surface area (Å²) in [5, 5.41) is 0. The van der Waals surface area contributed by atoms with Crippen LogP contribution >= 0.6 is 11.8 Å². The van der Waals surface area contributed by atoms with Gasteiger partial charge in [0.2, 0.25) is 0 Å². The molecule has 2 nitrogen and oxygen atoms in total. The third kappa shape index (κ3) is 3.55. The van der Waals surface area contributed by atoms with Gasteiger partial charge in [0.1, 0.15) is 0 Å². The van der Waals surface area contributed by atoms with Crippen LogP contribution in [0.1, 0.15) is 0 Å². The van der Waals surface area contributed by atoms with E-state index in [0.717, 1.165) is 43.4 Å². The molecule has 0 aromatic heterocycles. The van der Waals surface area contributed by atoms with Crippen LogP contribution in [0.3, 0.4) is 0 Å². The largest absolute Gasteiger partial charge is 0.398 e. The quantitative estimate of drug-likeness (QED) is 0.413. The standard InChI is InChI=1S/C24H20N2S/c25-19-13-7-15-21(23(19)17-9-3-1-4-10-17)27-22-16-8-14-20(26)24(22)18-11-5-2-6-12-18/h1-16H,25-26H2. The van der Waals surface area contributed by atoms with Crippen molar-refractivity contribution in [2.45, 2.75) is 9.79 Å². The zero-order valence-corrected chi connectivity index (χ0v) is 15.6. The number of hydrogen-bond donors (Lipinski definition) is 2. The fraction of sp³-hybridized carbons (Fsp3) is 0. The zero-order chi connectivity index (χ0) is 18.6. The molecule has 4 rings (SSSR count). The summed E-state index contributed by atoms with van der Waals surface area (Å²) in [7, 11) is 0. The monoisotopic (exact) mass is 368 g/mol. The van der Waals surface area contributed by atoms with Crippen LogP contribution in [0.4, 0.5) is 11.4 Å². The number of rotatable bonds is 4. The third-order valence-electron chi connectivity index (χ3n) is 4.46. The van der Waals surface area contributed by atoms with Crippen molar-refractivity contribution in [2.24, 2.45) is 0 Å². The molecule has 0 spiro atoms. The van der Waals surface area contributed by atoms with Crippen molar-refractivity contribution < 1.29 is 0 Å². The van der Waals surface area contributed by atoms with Gasteiger partial charge in [0, 0.05) is 32.3 Å². The highest BCUT2D eigenvalue weighted by Crippen LogP contribution is 2.44. The minimum absolute atomic E-state index is 0.774. The Labute approximate surface area is 163 Å². The van der Waals surface area contributed by atoms with Gasteiger partial charge in [0.25, 0.3) is 0 Å². The summed E-state index contributed by atoms with van der Waals surface area (Å²) in [6.45, 7) is 0. The Morgan fingerprint density at radius 1 is 0.444 bits per heavy atom. The predicted molar refractivity (Wildman–Crippen MR) is 117 cm³/mol. The molecule has 0 heterocycles. The molecule has 3 heteroatoms. The molecule has 0 fully saturated rings. The lowest BCUT2D eigenvalue weighted by Crippen LogP contribution is -1.94. The summed E-state index contributed by atoms with van der Waals surface area (Å²) in [6, 6.07) is 32.6. The lowest BCUT2D eigenvalue weighted by atomic mass is 10.0. The Morgan fingerprint density at radius 3 is 1.26 bits per heavy atom. The maximum absolute atomic E-state index is 6.35. The molecule has 132 valence electrons. The Hall–Kier alpha value is -3.17. The Balaban J connectivity index is 1.84. The van der Waals surface area contributed by atoms with E-state index in [1.165, 1.54) is 0 Å². The van der Waals surface area contributed by atoms with E-state index in [0.29, 0.717) is 0 Å². The van der Waals surface area contributed by atoms with E-state index in [-0.39, 0.29) is 0 Å². The highest BCUT2D eigenvalue weighted by Gasteiger charge is 2.14. The smallest absolute Gasteiger partial charge is 0.0405 e. The van der Waals surface area contributed by atoms with Crippen molar-refractivity contribution in [3.63, 3.8) is 0 Å². The van der Waals surface area contributed by atoms with Gasteiger partial charge in [0.05, 0.1) is 0 Å². The highest BCUT2D eigenvalue weighted by molar-refractivity contribution is 7.99. The second kappa shape index (κ2) is 7.60. The fourth-order valence-corrected chi connectivity index (χ4v) is 4.42. The topological polar surface area (TPSA) is 52.0 Å². The van der Waals surface area contributed by atoms with Gasteiger partial charge in [-0.1, -0.05) is 84.6 Å². The molecule has 0 saturated carbocycles. The summed E-state index contributed by atoms with van der Waals surface area (Å²) in [4.78, 5) is 2.23. The number of nitrogens with two attached hydrogens (primary N) is 2. The van der Waals surface area contributed by atoms with Crippen LogP contribution in [0.15, 0.2) is 107 Å². The Bertz CT molecular complexity index is 973. The molecule has 0 atom stereocenters. The van der Waals surface area contributed by atoms with E-state index in [1.807, 2.05) is 60.7 Å². The van der Waals surface area contributed by atoms with Gasteiger partial charge in [-0.3, -0.25) is 0 Å². The number of hydrogen-bond acceptors (Lipinski definition) is 3. The molecule has 4 N–H and O–H groups in total. The van der Waals surface area contributed by atoms with Crippen LogP contribution in [0, 0.1) is 0 Å². The second-order valence-corrected chi connectivity index (χ2v) is 7.36. The van der Waals surface area contributed by atoms with Crippen molar-refractivity contribution in [1.29, 1.82) is 0 Å². The van der Waals surface area contributed by atoms with E-state index in [1.54, 1.807) is 11.8 Å². The van der Waals surface area contributed by atoms with Crippen molar-refractivity contribution >= 4 is 23.1 Å². The summed E-state index contributed by atoms with van der Waals surface area (Å²) < 4.78 is 0. The van der Waals surface area contributed by atoms with Gasteiger partial charge < -0.3 is 11.5 Å². The molecule has 0 amide bonds. The van der Waals surface area contributed by atoms with Crippen LogP contribution in [-0.4, -0.2) is 0 Å². The van der Waals surface area contributed by atoms with Gasteiger partial charge in [-0.25, -0.2) is 0 Å². The second-order valence-electron chi connectivity index (χ2n) is 6.27. The van der Waals surface area contributed by atoms with Crippen LogP contribution < -0.4 is 11.5 Å². The number of benzene rings is 4. The number of anilines is 2. The van der Waals surface area contributed by atoms with E-state index in [4.69, 9.17) is 11.5 Å². The van der Waals surface area contributed by atoms with Gasteiger partial charge in [0.15, 0.2) is 0 Å². The average Bonchev–Trinajstić information content (AvgIpc) is 2.70. The summed E-state index contributed by atoms with van der Waals surface area (Å²) in [6.07, 6.45) is 0. The third-order valence-corrected chi connectivity index (χ3v) is 5.58. The SMILES string of the molecule is Nc1cccc(Sc2cccc(N)c2-c2ccccc2)c1-c1ccccc1. The van der Waals surface area contributed by atoms with Gasteiger partial charge in [-0.15, -0.1) is 0 Å². The lowest BCUT2D eigenvalue weighted by Gasteiger charge is -2.16. The van der Waals surface area contributed by atoms with Gasteiger partial charge >= 0.3 is 0 Å². The minimum Gasteiger partial charge on any atom is -0.398 e. The van der Waals surface area contributed by atoms with Crippen LogP contribution in [0.5, 0.6) is 0 Å². The molecule has 0 aliphatic carbocycles. The summed E-state index contributed by atoms with van der Waals surface area (Å²) >= 11 is 1.70. The van der Waals surface area contributed by atoms with Crippen LogP contribution in [0.25, 0.3) is 22.3 Å². The summed E-state index contributed by atoms with van der Waals surface area (Å²) in [5.41, 5.74) is 18.6. The van der Waals surface area contributed by atoms with Crippen LogP contribution in [-0.2, 0) is 0 Å². The molecule has 0 aliphatic heterocycles. The Morgan fingerprint density at radius 2 is 0.852 bits per heavy atom. The van der Waals surface area contributed by atoms with E-state index < -0.39 is 0 Å². The first-order valence-corrected chi connectivity index (χ1v) is 9.61. The normalized spacial score (nSPS) is 10.7. The van der Waals surface area contributed by atoms with E-state index in [2.05, 4.69) is 36.4 Å². The van der Waals surface area contributed by atoms with Crippen molar-refractivity contribution in [2.75, 3.05) is 11.5 Å². The first kappa shape index (κ1) is 17.3. The molecular formula is C24H20N2S. The molecular weight excluding hydrogens is 348 g/mol.